The number of nitrogens with zero attached hydrogens (tertiary/aromatic N) is 4. The Morgan fingerprint density at radius 1 is 0.469 bits per heavy atom. The van der Waals surface area contributed by atoms with Gasteiger partial charge < -0.3 is 50.1 Å². The topological polar surface area (TPSA) is 54.0 Å². The summed E-state index contributed by atoms with van der Waals surface area (Å²) < 4.78 is 141. The molecular formula is C14H14Cu2F12N4-6. The van der Waals surface area contributed by atoms with Crippen molar-refractivity contribution >= 4 is 0 Å². The molecule has 0 aliphatic carbocycles. The first-order valence-corrected chi connectivity index (χ1v) is 5.72. The average molecular weight is 593 g/mol. The molecule has 2 aromatic heterocycles. The van der Waals surface area contributed by atoms with E-state index in [1.165, 1.54) is 0 Å². The molecule has 0 spiro atoms. The third-order valence-electron chi connectivity index (χ3n) is 2.24. The van der Waals surface area contributed by atoms with Gasteiger partial charge in [-0.25, -0.2) is 0 Å². The fourth-order valence-corrected chi connectivity index (χ4v) is 1.14. The molecule has 0 aromatic carbocycles. The van der Waals surface area contributed by atoms with Gasteiger partial charge in [-0.05, 0) is 23.5 Å². The van der Waals surface area contributed by atoms with Crippen molar-refractivity contribution in [3.63, 3.8) is 0 Å². The van der Waals surface area contributed by atoms with E-state index in [1.54, 1.807) is 0 Å². The molecule has 0 atom stereocenters. The van der Waals surface area contributed by atoms with Crippen LogP contribution in [0.4, 0.5) is 52.7 Å². The number of rotatable bonds is 0. The molecular weight excluding hydrogens is 579 g/mol. The van der Waals surface area contributed by atoms with E-state index in [0.29, 0.717) is 0 Å². The zero-order chi connectivity index (χ0) is 20.6. The molecule has 2 radical (unpaired) electrons. The van der Waals surface area contributed by atoms with Crippen LogP contribution in [-0.2, 0) is 58.8 Å². The molecule has 0 saturated carbocycles. The second-order valence-electron chi connectivity index (χ2n) is 4.22. The van der Waals surface area contributed by atoms with E-state index in [-0.39, 0.29) is 76.0 Å². The summed E-state index contributed by atoms with van der Waals surface area (Å²) in [5, 5.41) is 9.44. The molecule has 2 aromatic rings. The number of hydrogen-bond donors (Lipinski definition) is 0. The molecule has 0 aliphatic rings. The van der Waals surface area contributed by atoms with Crippen molar-refractivity contribution in [3.05, 3.63) is 64.6 Å². The standard InChI is InChI=1S/2C5HF6N2.4CH3.2Cu/c2*6-4(7,8)2-1-3(13-12-2)5(9,10)11;;;;;;/h2*1H;4*1H3;;/q6*-1;;. The van der Waals surface area contributed by atoms with Gasteiger partial charge in [-0.3, -0.25) is 0 Å². The van der Waals surface area contributed by atoms with Crippen molar-refractivity contribution in [1.82, 2.24) is 20.4 Å². The molecule has 0 saturated heterocycles. The smallest absolute Gasteiger partial charge is 0.431 e. The van der Waals surface area contributed by atoms with Crippen LogP contribution < -0.4 is 10.2 Å². The van der Waals surface area contributed by atoms with E-state index >= 15 is 0 Å². The van der Waals surface area contributed by atoms with Crippen molar-refractivity contribution < 1.29 is 86.8 Å². The van der Waals surface area contributed by atoms with Gasteiger partial charge in [0.25, 0.3) is 0 Å². The van der Waals surface area contributed by atoms with Crippen molar-refractivity contribution in [2.24, 2.45) is 0 Å². The summed E-state index contributed by atoms with van der Waals surface area (Å²) in [6.07, 6.45) is -19.6. The fraction of sp³-hybridized carbons (Fsp3) is 0.286. The number of aromatic nitrogens is 4. The summed E-state index contributed by atoms with van der Waals surface area (Å²) in [4.78, 5) is 0. The van der Waals surface area contributed by atoms with Crippen molar-refractivity contribution in [2.75, 3.05) is 0 Å². The SMILES string of the molecule is FC(F)(F)c1cc(C(F)(F)F)[n-]n1.FC(F)(F)c1cc(C(F)(F)F)[n-]n1.[CH3-].[CH3-].[CH3-].[CH3-].[Cu].[Cu]. The zero-order valence-electron chi connectivity index (χ0n) is 16.1. The maximum absolute atomic E-state index is 11.7. The molecule has 0 bridgehead atoms. The second-order valence-corrected chi connectivity index (χ2v) is 4.22. The van der Waals surface area contributed by atoms with Gasteiger partial charge in [0, 0.05) is 34.1 Å². The maximum atomic E-state index is 11.7. The Kier molecular flexibility index (Phi) is 20.4. The third-order valence-corrected chi connectivity index (χ3v) is 2.24. The molecule has 202 valence electrons. The molecule has 0 unspecified atom stereocenters. The van der Waals surface area contributed by atoms with E-state index in [9.17, 15) is 52.7 Å². The van der Waals surface area contributed by atoms with Gasteiger partial charge in [0.05, 0.1) is 0 Å². The Labute approximate surface area is 196 Å². The van der Waals surface area contributed by atoms with E-state index in [1.807, 2.05) is 0 Å². The fourth-order valence-electron chi connectivity index (χ4n) is 1.14. The van der Waals surface area contributed by atoms with Crippen LogP contribution in [0, 0.1) is 29.7 Å². The first kappa shape index (κ1) is 44.3. The van der Waals surface area contributed by atoms with Gasteiger partial charge in [-0.2, -0.15) is 52.7 Å². The minimum atomic E-state index is -4.89. The molecule has 0 N–H and O–H groups in total. The Bertz CT molecular complexity index is 610. The van der Waals surface area contributed by atoms with Crippen LogP contribution in [0.5, 0.6) is 0 Å². The van der Waals surface area contributed by atoms with Crippen LogP contribution in [0.1, 0.15) is 22.8 Å². The number of hydrogen-bond acceptors (Lipinski definition) is 2. The zero-order valence-corrected chi connectivity index (χ0v) is 18.0. The summed E-state index contributed by atoms with van der Waals surface area (Å²) in [6.45, 7) is 0. The van der Waals surface area contributed by atoms with E-state index in [2.05, 4.69) is 20.4 Å². The van der Waals surface area contributed by atoms with Crippen molar-refractivity contribution in [2.45, 2.75) is 24.7 Å². The minimum absolute atomic E-state index is 0. The van der Waals surface area contributed by atoms with Crippen LogP contribution in [0.3, 0.4) is 0 Å². The van der Waals surface area contributed by atoms with Gasteiger partial charge in [-0.1, -0.05) is 0 Å². The molecule has 18 heteroatoms. The van der Waals surface area contributed by atoms with Crippen molar-refractivity contribution in [1.29, 1.82) is 0 Å². The third kappa shape index (κ3) is 13.2. The predicted octanol–water partition coefficient (Wildman–Crippen LogP) is 5.95. The Hall–Kier alpha value is -1.38. The van der Waals surface area contributed by atoms with Crippen LogP contribution in [0.25, 0.3) is 0 Å². The summed E-state index contributed by atoms with van der Waals surface area (Å²) in [7, 11) is 0. The first-order chi connectivity index (χ1) is 11.4. The van der Waals surface area contributed by atoms with E-state index < -0.39 is 47.5 Å². The number of halogens is 12. The second kappa shape index (κ2) is 14.7. The first-order valence-electron chi connectivity index (χ1n) is 5.72. The summed E-state index contributed by atoms with van der Waals surface area (Å²) in [5.41, 5.74) is -6.56. The summed E-state index contributed by atoms with van der Waals surface area (Å²) in [5.74, 6) is 0. The molecule has 0 fully saturated rings. The van der Waals surface area contributed by atoms with Crippen LogP contribution in [0.2, 0.25) is 0 Å². The Morgan fingerprint density at radius 3 is 0.781 bits per heavy atom. The molecule has 0 aliphatic heterocycles. The molecule has 2 rings (SSSR count). The van der Waals surface area contributed by atoms with Gasteiger partial charge in [0.2, 0.25) is 0 Å². The Morgan fingerprint density at radius 2 is 0.688 bits per heavy atom. The Balaban J connectivity index is -0.0000000889. The van der Waals surface area contributed by atoms with Crippen LogP contribution >= 0.6 is 0 Å². The largest absolute Gasteiger partial charge is 0.571 e. The van der Waals surface area contributed by atoms with Crippen LogP contribution in [-0.4, -0.2) is 10.2 Å². The molecule has 32 heavy (non-hydrogen) atoms. The van der Waals surface area contributed by atoms with E-state index in [0.717, 1.165) is 0 Å². The normalized spacial score (nSPS) is 10.9. The number of alkyl halides is 12. The van der Waals surface area contributed by atoms with Gasteiger partial charge in [-0.15, -0.1) is 0 Å². The van der Waals surface area contributed by atoms with Gasteiger partial charge in [0.15, 0.2) is 0 Å². The molecule has 4 nitrogen and oxygen atoms in total. The van der Waals surface area contributed by atoms with Gasteiger partial charge in [0.1, 0.15) is 11.4 Å². The van der Waals surface area contributed by atoms with E-state index in [4.69, 9.17) is 0 Å². The van der Waals surface area contributed by atoms with Gasteiger partial charge >= 0.3 is 24.7 Å². The predicted molar refractivity (Wildman–Crippen MR) is 80.8 cm³/mol. The summed E-state index contributed by atoms with van der Waals surface area (Å²) >= 11 is 0. The van der Waals surface area contributed by atoms with Crippen LogP contribution in [0.15, 0.2) is 12.1 Å². The monoisotopic (exact) mass is 592 g/mol. The summed E-state index contributed by atoms with van der Waals surface area (Å²) in [6, 6.07) is -0.278. The van der Waals surface area contributed by atoms with Crippen molar-refractivity contribution in [3.8, 4) is 0 Å². The molecule has 0 amide bonds. The maximum Gasteiger partial charge on any atom is 0.431 e. The minimum Gasteiger partial charge on any atom is -0.571 e. The average Bonchev–Trinajstić information content (AvgIpc) is 3.06. The molecule has 2 heterocycles. The quantitative estimate of drug-likeness (QED) is 0.215.